The summed E-state index contributed by atoms with van der Waals surface area (Å²) >= 11 is 0. The predicted molar refractivity (Wildman–Crippen MR) is 68.4 cm³/mol. The maximum absolute atomic E-state index is 13.4. The molecule has 1 aromatic carbocycles. The Morgan fingerprint density at radius 1 is 1.45 bits per heavy atom. The second kappa shape index (κ2) is 5.64. The number of aromatic nitrogens is 2. The summed E-state index contributed by atoms with van der Waals surface area (Å²) in [6, 6.07) is 1.39. The van der Waals surface area contributed by atoms with Gasteiger partial charge in [0.25, 0.3) is 0 Å². The van der Waals surface area contributed by atoms with Gasteiger partial charge >= 0.3 is 5.69 Å². The molecule has 0 radical (unpaired) electrons. The monoisotopic (exact) mass is 282 g/mol. The van der Waals surface area contributed by atoms with Crippen LogP contribution < -0.4 is 5.32 Å². The van der Waals surface area contributed by atoms with Crippen molar-refractivity contribution >= 4 is 11.4 Å². The normalized spacial score (nSPS) is 10.6. The standard InChI is InChI=1S/C12H12F2N4O2/c1-17-5-4-16-11(17)2-3-15-10-7-8(13)6-9(14)12(10)18(19)20/h4-7,15H,2-3H2,1H3. The first-order valence-electron chi connectivity index (χ1n) is 5.82. The lowest BCUT2D eigenvalue weighted by Crippen LogP contribution is -2.10. The summed E-state index contributed by atoms with van der Waals surface area (Å²) in [7, 11) is 1.81. The molecule has 2 rings (SSSR count). The van der Waals surface area contributed by atoms with E-state index in [1.807, 2.05) is 7.05 Å². The zero-order valence-corrected chi connectivity index (χ0v) is 10.6. The van der Waals surface area contributed by atoms with Crippen molar-refractivity contribution in [2.24, 2.45) is 7.05 Å². The molecule has 0 bridgehead atoms. The number of aryl methyl sites for hydroxylation is 1. The van der Waals surface area contributed by atoms with Gasteiger partial charge in [0.1, 0.15) is 17.3 Å². The lowest BCUT2D eigenvalue weighted by molar-refractivity contribution is -0.386. The van der Waals surface area contributed by atoms with Crippen LogP contribution in [-0.4, -0.2) is 21.0 Å². The summed E-state index contributed by atoms with van der Waals surface area (Å²) in [6.45, 7) is 0.272. The molecule has 0 fully saturated rings. The highest BCUT2D eigenvalue weighted by molar-refractivity contribution is 5.62. The number of hydrogen-bond donors (Lipinski definition) is 1. The number of nitro benzene ring substituents is 1. The van der Waals surface area contributed by atoms with Gasteiger partial charge in [0, 0.05) is 44.5 Å². The summed E-state index contributed by atoms with van der Waals surface area (Å²) in [5.41, 5.74) is -0.937. The molecule has 106 valence electrons. The van der Waals surface area contributed by atoms with E-state index in [-0.39, 0.29) is 12.2 Å². The van der Waals surface area contributed by atoms with Gasteiger partial charge in [0.2, 0.25) is 5.82 Å². The SMILES string of the molecule is Cn1ccnc1CCNc1cc(F)cc(F)c1[N+](=O)[O-]. The zero-order valence-electron chi connectivity index (χ0n) is 10.6. The van der Waals surface area contributed by atoms with Gasteiger partial charge < -0.3 is 9.88 Å². The molecule has 0 saturated heterocycles. The minimum atomic E-state index is -1.20. The third kappa shape index (κ3) is 2.90. The summed E-state index contributed by atoms with van der Waals surface area (Å²) < 4.78 is 28.3. The molecule has 8 heteroatoms. The summed E-state index contributed by atoms with van der Waals surface area (Å²) in [5, 5.41) is 13.5. The van der Waals surface area contributed by atoms with E-state index in [0.29, 0.717) is 12.5 Å². The number of halogens is 2. The number of benzene rings is 1. The number of nitrogens with zero attached hydrogens (tertiary/aromatic N) is 3. The molecule has 20 heavy (non-hydrogen) atoms. The van der Waals surface area contributed by atoms with E-state index < -0.39 is 22.2 Å². The van der Waals surface area contributed by atoms with Crippen LogP contribution in [0.25, 0.3) is 0 Å². The van der Waals surface area contributed by atoms with Crippen LogP contribution in [0.2, 0.25) is 0 Å². The Morgan fingerprint density at radius 3 is 2.80 bits per heavy atom. The molecule has 2 aromatic rings. The number of hydrogen-bond acceptors (Lipinski definition) is 4. The van der Waals surface area contributed by atoms with Crippen LogP contribution in [0, 0.1) is 21.7 Å². The fourth-order valence-corrected chi connectivity index (χ4v) is 1.83. The largest absolute Gasteiger partial charge is 0.379 e. The van der Waals surface area contributed by atoms with Crippen LogP contribution in [0.1, 0.15) is 5.82 Å². The number of imidazole rings is 1. The van der Waals surface area contributed by atoms with Crippen LogP contribution in [0.5, 0.6) is 0 Å². The molecule has 0 amide bonds. The Balaban J connectivity index is 2.13. The molecular formula is C12H12F2N4O2. The molecule has 0 aliphatic rings. The molecule has 0 atom stereocenters. The third-order valence-corrected chi connectivity index (χ3v) is 2.80. The van der Waals surface area contributed by atoms with E-state index in [1.54, 1.807) is 17.0 Å². The predicted octanol–water partition coefficient (Wildman–Crippen LogP) is 2.26. The van der Waals surface area contributed by atoms with Gasteiger partial charge in [0.05, 0.1) is 4.92 Å². The highest BCUT2D eigenvalue weighted by Crippen LogP contribution is 2.28. The van der Waals surface area contributed by atoms with Crippen molar-refractivity contribution in [1.82, 2.24) is 9.55 Å². The van der Waals surface area contributed by atoms with Crippen molar-refractivity contribution in [1.29, 1.82) is 0 Å². The topological polar surface area (TPSA) is 73.0 Å². The lowest BCUT2D eigenvalue weighted by atomic mass is 10.2. The average molecular weight is 282 g/mol. The molecule has 0 saturated carbocycles. The van der Waals surface area contributed by atoms with Crippen LogP contribution in [0.3, 0.4) is 0 Å². The summed E-state index contributed by atoms with van der Waals surface area (Å²) in [5.74, 6) is -1.31. The number of anilines is 1. The van der Waals surface area contributed by atoms with Crippen LogP contribution >= 0.6 is 0 Å². The maximum Gasteiger partial charge on any atom is 0.327 e. The molecular weight excluding hydrogens is 270 g/mol. The Labute approximate surface area is 113 Å². The summed E-state index contributed by atoms with van der Waals surface area (Å²) in [4.78, 5) is 14.0. The molecule has 0 aliphatic carbocycles. The van der Waals surface area contributed by atoms with E-state index in [9.17, 15) is 18.9 Å². The van der Waals surface area contributed by atoms with E-state index in [1.165, 1.54) is 0 Å². The van der Waals surface area contributed by atoms with Crippen molar-refractivity contribution in [3.05, 3.63) is 52.1 Å². The molecule has 6 nitrogen and oxygen atoms in total. The second-order valence-electron chi connectivity index (χ2n) is 4.17. The van der Waals surface area contributed by atoms with Gasteiger partial charge in [-0.15, -0.1) is 0 Å². The van der Waals surface area contributed by atoms with Gasteiger partial charge in [-0.1, -0.05) is 0 Å². The van der Waals surface area contributed by atoms with Crippen molar-refractivity contribution in [3.63, 3.8) is 0 Å². The van der Waals surface area contributed by atoms with E-state index >= 15 is 0 Å². The highest BCUT2D eigenvalue weighted by atomic mass is 19.1. The van der Waals surface area contributed by atoms with Crippen molar-refractivity contribution in [3.8, 4) is 0 Å². The van der Waals surface area contributed by atoms with Gasteiger partial charge in [0.15, 0.2) is 0 Å². The lowest BCUT2D eigenvalue weighted by Gasteiger charge is -2.08. The fraction of sp³-hybridized carbons (Fsp3) is 0.250. The van der Waals surface area contributed by atoms with E-state index in [0.717, 1.165) is 11.9 Å². The Morgan fingerprint density at radius 2 is 2.20 bits per heavy atom. The maximum atomic E-state index is 13.4. The minimum Gasteiger partial charge on any atom is -0.379 e. The van der Waals surface area contributed by atoms with Gasteiger partial charge in [-0.3, -0.25) is 10.1 Å². The first kappa shape index (κ1) is 13.9. The van der Waals surface area contributed by atoms with Gasteiger partial charge in [-0.2, -0.15) is 4.39 Å². The van der Waals surface area contributed by atoms with Crippen LogP contribution in [0.4, 0.5) is 20.2 Å². The quantitative estimate of drug-likeness (QED) is 0.674. The summed E-state index contributed by atoms with van der Waals surface area (Å²) in [6.07, 6.45) is 3.86. The third-order valence-electron chi connectivity index (χ3n) is 2.80. The fourth-order valence-electron chi connectivity index (χ4n) is 1.83. The van der Waals surface area contributed by atoms with Crippen LogP contribution in [0.15, 0.2) is 24.5 Å². The Hall–Kier alpha value is -2.51. The molecule has 0 spiro atoms. The van der Waals surface area contributed by atoms with Crippen LogP contribution in [-0.2, 0) is 13.5 Å². The van der Waals surface area contributed by atoms with Crippen molar-refractivity contribution in [2.75, 3.05) is 11.9 Å². The van der Waals surface area contributed by atoms with E-state index in [4.69, 9.17) is 0 Å². The first-order chi connectivity index (χ1) is 9.49. The van der Waals surface area contributed by atoms with Crippen molar-refractivity contribution in [2.45, 2.75) is 6.42 Å². The Kier molecular flexibility index (Phi) is 3.92. The molecule has 1 N–H and O–H groups in total. The van der Waals surface area contributed by atoms with Crippen molar-refractivity contribution < 1.29 is 13.7 Å². The number of rotatable bonds is 5. The Bertz CT molecular complexity index is 642. The average Bonchev–Trinajstić information content (AvgIpc) is 2.73. The van der Waals surface area contributed by atoms with Gasteiger partial charge in [-0.25, -0.2) is 9.37 Å². The molecule has 0 unspecified atom stereocenters. The first-order valence-corrected chi connectivity index (χ1v) is 5.82. The molecule has 1 aromatic heterocycles. The molecule has 0 aliphatic heterocycles. The smallest absolute Gasteiger partial charge is 0.327 e. The second-order valence-corrected chi connectivity index (χ2v) is 4.17. The highest BCUT2D eigenvalue weighted by Gasteiger charge is 2.21. The number of nitrogens with one attached hydrogen (secondary N) is 1. The molecule has 1 heterocycles. The minimum absolute atomic E-state index is 0.179. The van der Waals surface area contributed by atoms with E-state index in [2.05, 4.69) is 10.3 Å². The number of nitro groups is 1. The van der Waals surface area contributed by atoms with Gasteiger partial charge in [-0.05, 0) is 0 Å². The zero-order chi connectivity index (χ0) is 14.7.